The zero-order valence-electron chi connectivity index (χ0n) is 7.33. The highest BCUT2D eigenvalue weighted by atomic mass is 16.5. The summed E-state index contributed by atoms with van der Waals surface area (Å²) >= 11 is 0. The van der Waals surface area contributed by atoms with Crippen molar-refractivity contribution in [2.45, 2.75) is 0 Å². The minimum Gasteiger partial charge on any atom is -0.497 e. The summed E-state index contributed by atoms with van der Waals surface area (Å²) in [6.07, 6.45) is 0. The molecule has 0 bridgehead atoms. The Labute approximate surface area is 72.3 Å². The van der Waals surface area contributed by atoms with Crippen LogP contribution in [0.15, 0.2) is 24.3 Å². The molecule has 66 valence electrons. The first kappa shape index (κ1) is 8.87. The smallest absolute Gasteiger partial charge is 0.119 e. The molecule has 1 aromatic rings. The Bertz CT molecular complexity index is 220. The molecular formula is C9H13NO2. The van der Waals surface area contributed by atoms with Crippen LogP contribution < -0.4 is 10.1 Å². The first-order chi connectivity index (χ1) is 5.86. The van der Waals surface area contributed by atoms with Crippen molar-refractivity contribution < 1.29 is 9.47 Å². The van der Waals surface area contributed by atoms with Crippen molar-refractivity contribution >= 4 is 5.69 Å². The molecule has 0 aliphatic heterocycles. The quantitative estimate of drug-likeness (QED) is 0.692. The summed E-state index contributed by atoms with van der Waals surface area (Å²) in [5, 5.41) is 3.07. The fraction of sp³-hybridized carbons (Fsp3) is 0.333. The fourth-order valence-electron chi connectivity index (χ4n) is 0.864. The van der Waals surface area contributed by atoms with Gasteiger partial charge in [0.25, 0.3) is 0 Å². The van der Waals surface area contributed by atoms with E-state index < -0.39 is 0 Å². The van der Waals surface area contributed by atoms with Crippen LogP contribution in [-0.2, 0) is 4.74 Å². The predicted octanol–water partition coefficient (Wildman–Crippen LogP) is 1.71. The lowest BCUT2D eigenvalue weighted by Crippen LogP contribution is -2.02. The van der Waals surface area contributed by atoms with Gasteiger partial charge in [-0.05, 0) is 24.3 Å². The maximum Gasteiger partial charge on any atom is 0.119 e. The summed E-state index contributed by atoms with van der Waals surface area (Å²) in [7, 11) is 3.30. The molecule has 0 saturated carbocycles. The Kier molecular flexibility index (Phi) is 3.41. The monoisotopic (exact) mass is 167 g/mol. The third-order valence-corrected chi connectivity index (χ3v) is 1.51. The molecule has 0 aliphatic rings. The van der Waals surface area contributed by atoms with E-state index >= 15 is 0 Å². The zero-order valence-corrected chi connectivity index (χ0v) is 7.33. The van der Waals surface area contributed by atoms with Crippen molar-refractivity contribution in [3.8, 4) is 5.75 Å². The second kappa shape index (κ2) is 4.62. The van der Waals surface area contributed by atoms with Gasteiger partial charge in [0.15, 0.2) is 0 Å². The molecule has 0 amide bonds. The lowest BCUT2D eigenvalue weighted by molar-refractivity contribution is 0.221. The van der Waals surface area contributed by atoms with Crippen LogP contribution in [0.25, 0.3) is 0 Å². The van der Waals surface area contributed by atoms with E-state index in [1.807, 2.05) is 24.3 Å². The number of nitrogens with one attached hydrogen (secondary N) is 1. The summed E-state index contributed by atoms with van der Waals surface area (Å²) in [5.74, 6) is 0.859. The van der Waals surface area contributed by atoms with Gasteiger partial charge in [0.2, 0.25) is 0 Å². The molecule has 12 heavy (non-hydrogen) atoms. The van der Waals surface area contributed by atoms with Crippen LogP contribution in [0.3, 0.4) is 0 Å². The Balaban J connectivity index is 2.53. The van der Waals surface area contributed by atoms with Gasteiger partial charge in [0, 0.05) is 12.8 Å². The van der Waals surface area contributed by atoms with Gasteiger partial charge in [-0.3, -0.25) is 0 Å². The number of hydrogen-bond donors (Lipinski definition) is 1. The molecule has 0 radical (unpaired) electrons. The van der Waals surface area contributed by atoms with E-state index in [9.17, 15) is 0 Å². The van der Waals surface area contributed by atoms with Gasteiger partial charge in [-0.25, -0.2) is 0 Å². The molecule has 0 aromatic heterocycles. The molecule has 0 unspecified atom stereocenters. The topological polar surface area (TPSA) is 30.5 Å². The second-order valence-electron chi connectivity index (χ2n) is 2.34. The van der Waals surface area contributed by atoms with Crippen LogP contribution in [0.4, 0.5) is 5.69 Å². The Morgan fingerprint density at radius 2 is 1.83 bits per heavy atom. The van der Waals surface area contributed by atoms with Crippen molar-refractivity contribution in [1.82, 2.24) is 0 Å². The number of anilines is 1. The largest absolute Gasteiger partial charge is 0.497 e. The normalized spacial score (nSPS) is 9.50. The van der Waals surface area contributed by atoms with Crippen molar-refractivity contribution in [3.63, 3.8) is 0 Å². The highest BCUT2D eigenvalue weighted by molar-refractivity contribution is 5.45. The number of hydrogen-bond acceptors (Lipinski definition) is 3. The summed E-state index contributed by atoms with van der Waals surface area (Å²) in [5.41, 5.74) is 1.03. The van der Waals surface area contributed by atoms with Gasteiger partial charge in [-0.2, -0.15) is 0 Å². The molecule has 0 heterocycles. The molecule has 0 saturated heterocycles. The Hall–Kier alpha value is -1.22. The molecule has 0 spiro atoms. The molecule has 3 heteroatoms. The van der Waals surface area contributed by atoms with E-state index in [1.54, 1.807) is 14.2 Å². The van der Waals surface area contributed by atoms with Crippen LogP contribution in [-0.4, -0.2) is 21.0 Å². The van der Waals surface area contributed by atoms with E-state index in [0.717, 1.165) is 11.4 Å². The SMILES string of the molecule is COCNc1ccc(OC)cc1. The molecule has 3 nitrogen and oxygen atoms in total. The van der Waals surface area contributed by atoms with Crippen LogP contribution in [0.1, 0.15) is 0 Å². The molecule has 0 aliphatic carbocycles. The number of rotatable bonds is 4. The van der Waals surface area contributed by atoms with Crippen LogP contribution in [0, 0.1) is 0 Å². The van der Waals surface area contributed by atoms with Crippen LogP contribution in [0.2, 0.25) is 0 Å². The van der Waals surface area contributed by atoms with Gasteiger partial charge >= 0.3 is 0 Å². The molecule has 1 rings (SSSR count). The maximum atomic E-state index is 5.01. The highest BCUT2D eigenvalue weighted by Gasteiger charge is 1.91. The van der Waals surface area contributed by atoms with Crippen molar-refractivity contribution in [3.05, 3.63) is 24.3 Å². The first-order valence-electron chi connectivity index (χ1n) is 3.73. The van der Waals surface area contributed by atoms with Gasteiger partial charge in [0.05, 0.1) is 7.11 Å². The lowest BCUT2D eigenvalue weighted by Gasteiger charge is -2.05. The maximum absolute atomic E-state index is 5.01. The summed E-state index contributed by atoms with van der Waals surface area (Å²) in [6.45, 7) is 0.520. The van der Waals surface area contributed by atoms with Crippen molar-refractivity contribution in [1.29, 1.82) is 0 Å². The summed E-state index contributed by atoms with van der Waals surface area (Å²) in [4.78, 5) is 0. The van der Waals surface area contributed by atoms with Crippen LogP contribution in [0.5, 0.6) is 5.75 Å². The van der Waals surface area contributed by atoms with Crippen LogP contribution >= 0.6 is 0 Å². The predicted molar refractivity (Wildman–Crippen MR) is 48.5 cm³/mol. The Morgan fingerprint density at radius 3 is 2.33 bits per heavy atom. The molecule has 1 N–H and O–H groups in total. The first-order valence-corrected chi connectivity index (χ1v) is 3.73. The van der Waals surface area contributed by atoms with Gasteiger partial charge in [-0.1, -0.05) is 0 Å². The zero-order chi connectivity index (χ0) is 8.81. The van der Waals surface area contributed by atoms with E-state index in [2.05, 4.69) is 5.32 Å². The van der Waals surface area contributed by atoms with Crippen molar-refractivity contribution in [2.24, 2.45) is 0 Å². The minimum atomic E-state index is 0.520. The second-order valence-corrected chi connectivity index (χ2v) is 2.34. The van der Waals surface area contributed by atoms with E-state index in [0.29, 0.717) is 6.73 Å². The standard InChI is InChI=1S/C9H13NO2/c1-11-7-10-8-3-5-9(12-2)6-4-8/h3-6,10H,7H2,1-2H3. The average molecular weight is 167 g/mol. The minimum absolute atomic E-state index is 0.520. The van der Waals surface area contributed by atoms with Crippen molar-refractivity contribution in [2.75, 3.05) is 26.3 Å². The van der Waals surface area contributed by atoms with Gasteiger partial charge in [-0.15, -0.1) is 0 Å². The number of methoxy groups -OCH3 is 2. The third kappa shape index (κ3) is 2.43. The van der Waals surface area contributed by atoms with Gasteiger partial charge in [0.1, 0.15) is 12.5 Å². The fourth-order valence-corrected chi connectivity index (χ4v) is 0.864. The molecule has 1 aromatic carbocycles. The Morgan fingerprint density at radius 1 is 1.17 bits per heavy atom. The van der Waals surface area contributed by atoms with E-state index in [4.69, 9.17) is 9.47 Å². The molecular weight excluding hydrogens is 154 g/mol. The van der Waals surface area contributed by atoms with E-state index in [1.165, 1.54) is 0 Å². The number of ether oxygens (including phenoxy) is 2. The third-order valence-electron chi connectivity index (χ3n) is 1.51. The van der Waals surface area contributed by atoms with E-state index in [-0.39, 0.29) is 0 Å². The summed E-state index contributed by atoms with van der Waals surface area (Å²) < 4.78 is 9.87. The lowest BCUT2D eigenvalue weighted by atomic mass is 10.3. The average Bonchev–Trinajstić information content (AvgIpc) is 2.15. The van der Waals surface area contributed by atoms with Gasteiger partial charge < -0.3 is 14.8 Å². The highest BCUT2D eigenvalue weighted by Crippen LogP contribution is 2.14. The summed E-state index contributed by atoms with van der Waals surface area (Å²) in [6, 6.07) is 7.69. The molecule has 0 fully saturated rings. The number of benzene rings is 1. The molecule has 0 atom stereocenters.